The lowest BCUT2D eigenvalue weighted by Crippen LogP contribution is -2.24. The number of nitrogens with one attached hydrogen (secondary N) is 2. The van der Waals surface area contributed by atoms with E-state index < -0.39 is 11.7 Å². The smallest absolute Gasteiger partial charge is 0.254 e. The van der Waals surface area contributed by atoms with E-state index >= 15 is 0 Å². The summed E-state index contributed by atoms with van der Waals surface area (Å²) in [7, 11) is 0. The summed E-state index contributed by atoms with van der Waals surface area (Å²) in [6.07, 6.45) is 1.34. The van der Waals surface area contributed by atoms with Crippen LogP contribution in [0.4, 0.5) is 4.39 Å². The zero-order valence-corrected chi connectivity index (χ0v) is 10.2. The van der Waals surface area contributed by atoms with Gasteiger partial charge in [0.1, 0.15) is 18.0 Å². The van der Waals surface area contributed by atoms with Crippen molar-refractivity contribution in [1.82, 2.24) is 20.5 Å². The van der Waals surface area contributed by atoms with Crippen molar-refractivity contribution in [1.29, 1.82) is 0 Å². The minimum Gasteiger partial charge on any atom is -0.345 e. The lowest BCUT2D eigenvalue weighted by molar-refractivity contribution is 0.0946. The molecule has 0 spiro atoms. The summed E-state index contributed by atoms with van der Waals surface area (Å²) in [5.74, 6) is -0.559. The van der Waals surface area contributed by atoms with Gasteiger partial charge >= 0.3 is 0 Å². The van der Waals surface area contributed by atoms with Gasteiger partial charge in [-0.2, -0.15) is 5.10 Å². The van der Waals surface area contributed by atoms with Crippen LogP contribution in [0.3, 0.4) is 0 Å². The van der Waals surface area contributed by atoms with E-state index in [-0.39, 0.29) is 12.1 Å². The average Bonchev–Trinajstić information content (AvgIpc) is 2.78. The van der Waals surface area contributed by atoms with E-state index in [1.165, 1.54) is 18.5 Å². The maximum Gasteiger partial charge on any atom is 0.254 e. The SMILES string of the molecule is O=C(NCc1ncn[nH]1)c1ccc(Br)cc1F. The van der Waals surface area contributed by atoms with Crippen molar-refractivity contribution in [3.63, 3.8) is 0 Å². The molecule has 88 valence electrons. The summed E-state index contributed by atoms with van der Waals surface area (Å²) < 4.78 is 14.0. The van der Waals surface area contributed by atoms with Gasteiger partial charge in [0.15, 0.2) is 0 Å². The Balaban J connectivity index is 2.04. The monoisotopic (exact) mass is 298 g/mol. The van der Waals surface area contributed by atoms with Gasteiger partial charge in [-0.3, -0.25) is 9.89 Å². The quantitative estimate of drug-likeness (QED) is 0.905. The van der Waals surface area contributed by atoms with Crippen LogP contribution in [0.25, 0.3) is 0 Å². The minimum atomic E-state index is -0.575. The molecule has 0 aliphatic heterocycles. The molecule has 1 aromatic heterocycles. The van der Waals surface area contributed by atoms with E-state index in [2.05, 4.69) is 36.4 Å². The minimum absolute atomic E-state index is 0.00675. The largest absolute Gasteiger partial charge is 0.345 e. The van der Waals surface area contributed by atoms with E-state index in [9.17, 15) is 9.18 Å². The molecule has 1 heterocycles. The van der Waals surface area contributed by atoms with E-state index in [1.54, 1.807) is 6.07 Å². The standard InChI is InChI=1S/C10H8BrFN4O/c11-6-1-2-7(8(12)3-6)10(17)13-4-9-14-5-15-16-9/h1-3,5H,4H2,(H,13,17)(H,14,15,16). The zero-order valence-electron chi connectivity index (χ0n) is 8.58. The van der Waals surface area contributed by atoms with Crippen LogP contribution in [0.15, 0.2) is 29.0 Å². The van der Waals surface area contributed by atoms with E-state index in [1.807, 2.05) is 0 Å². The average molecular weight is 299 g/mol. The molecule has 2 aromatic rings. The number of hydrogen-bond donors (Lipinski definition) is 2. The van der Waals surface area contributed by atoms with Crippen molar-refractivity contribution in [2.24, 2.45) is 0 Å². The summed E-state index contributed by atoms with van der Waals surface area (Å²) in [5.41, 5.74) is -0.00675. The highest BCUT2D eigenvalue weighted by Crippen LogP contribution is 2.15. The number of aromatic nitrogens is 3. The topological polar surface area (TPSA) is 70.7 Å². The van der Waals surface area contributed by atoms with Gasteiger partial charge in [-0.1, -0.05) is 15.9 Å². The van der Waals surface area contributed by atoms with Gasteiger partial charge in [-0.15, -0.1) is 0 Å². The Kier molecular flexibility index (Phi) is 3.48. The molecule has 17 heavy (non-hydrogen) atoms. The fourth-order valence-electron chi connectivity index (χ4n) is 1.25. The van der Waals surface area contributed by atoms with Gasteiger partial charge in [0.2, 0.25) is 0 Å². The first-order valence-corrected chi connectivity index (χ1v) is 5.53. The predicted octanol–water partition coefficient (Wildman–Crippen LogP) is 1.64. The molecular formula is C10H8BrFN4O. The van der Waals surface area contributed by atoms with E-state index in [0.29, 0.717) is 10.3 Å². The molecule has 2 N–H and O–H groups in total. The highest BCUT2D eigenvalue weighted by molar-refractivity contribution is 9.10. The third-order valence-electron chi connectivity index (χ3n) is 2.06. The summed E-state index contributed by atoms with van der Waals surface area (Å²) >= 11 is 3.12. The summed E-state index contributed by atoms with van der Waals surface area (Å²) in [6, 6.07) is 4.25. The molecule has 0 saturated carbocycles. The first-order valence-electron chi connectivity index (χ1n) is 4.74. The molecule has 5 nitrogen and oxygen atoms in total. The Labute approximate surface area is 105 Å². The van der Waals surface area contributed by atoms with Crippen LogP contribution in [-0.2, 0) is 6.54 Å². The third kappa shape index (κ3) is 2.88. The van der Waals surface area contributed by atoms with Crippen LogP contribution in [0.5, 0.6) is 0 Å². The Morgan fingerprint density at radius 2 is 2.35 bits per heavy atom. The molecule has 0 aliphatic carbocycles. The second-order valence-electron chi connectivity index (χ2n) is 3.24. The molecular weight excluding hydrogens is 291 g/mol. The van der Waals surface area contributed by atoms with Crippen LogP contribution in [0, 0.1) is 5.82 Å². The maximum absolute atomic E-state index is 13.4. The third-order valence-corrected chi connectivity index (χ3v) is 2.55. The zero-order chi connectivity index (χ0) is 12.3. The molecule has 1 amide bonds. The highest BCUT2D eigenvalue weighted by Gasteiger charge is 2.11. The molecule has 0 fully saturated rings. The van der Waals surface area contributed by atoms with Crippen molar-refractivity contribution in [3.05, 3.63) is 46.2 Å². The number of halogens is 2. The Morgan fingerprint density at radius 3 is 3.00 bits per heavy atom. The molecule has 0 aliphatic rings. The van der Waals surface area contributed by atoms with Crippen LogP contribution in [-0.4, -0.2) is 21.1 Å². The Morgan fingerprint density at radius 1 is 1.53 bits per heavy atom. The number of H-pyrrole nitrogens is 1. The lowest BCUT2D eigenvalue weighted by Gasteiger charge is -2.04. The first-order chi connectivity index (χ1) is 8.16. The van der Waals surface area contributed by atoms with Crippen LogP contribution in [0.2, 0.25) is 0 Å². The predicted molar refractivity (Wildman–Crippen MR) is 61.7 cm³/mol. The molecule has 7 heteroatoms. The molecule has 0 atom stereocenters. The number of carbonyl (C=O) groups is 1. The fourth-order valence-corrected chi connectivity index (χ4v) is 1.58. The normalized spacial score (nSPS) is 10.2. The van der Waals surface area contributed by atoms with Crippen molar-refractivity contribution >= 4 is 21.8 Å². The van der Waals surface area contributed by atoms with Gasteiger partial charge in [-0.05, 0) is 18.2 Å². The number of rotatable bonds is 3. The van der Waals surface area contributed by atoms with Gasteiger partial charge in [0.05, 0.1) is 12.1 Å². The van der Waals surface area contributed by atoms with E-state index in [0.717, 1.165) is 0 Å². The lowest BCUT2D eigenvalue weighted by atomic mass is 10.2. The number of benzene rings is 1. The van der Waals surface area contributed by atoms with Crippen LogP contribution in [0.1, 0.15) is 16.2 Å². The summed E-state index contributed by atoms with van der Waals surface area (Å²) in [4.78, 5) is 15.5. The van der Waals surface area contributed by atoms with Crippen molar-refractivity contribution < 1.29 is 9.18 Å². The highest BCUT2D eigenvalue weighted by atomic mass is 79.9. The molecule has 0 radical (unpaired) electrons. The van der Waals surface area contributed by atoms with Crippen LogP contribution < -0.4 is 5.32 Å². The van der Waals surface area contributed by atoms with Crippen molar-refractivity contribution in [2.75, 3.05) is 0 Å². The van der Waals surface area contributed by atoms with E-state index in [4.69, 9.17) is 0 Å². The molecule has 1 aromatic carbocycles. The number of hydrogen-bond acceptors (Lipinski definition) is 3. The number of amides is 1. The second kappa shape index (κ2) is 5.05. The molecule has 2 rings (SSSR count). The van der Waals surface area contributed by atoms with Gasteiger partial charge in [0.25, 0.3) is 5.91 Å². The van der Waals surface area contributed by atoms with Crippen LogP contribution >= 0.6 is 15.9 Å². The van der Waals surface area contributed by atoms with Gasteiger partial charge in [0, 0.05) is 4.47 Å². The molecule has 0 bridgehead atoms. The summed E-state index contributed by atoms with van der Waals surface area (Å²) in [5, 5.41) is 8.76. The van der Waals surface area contributed by atoms with Crippen molar-refractivity contribution in [3.8, 4) is 0 Å². The number of aromatic amines is 1. The Hall–Kier alpha value is -1.76. The molecule has 0 unspecified atom stereocenters. The maximum atomic E-state index is 13.4. The number of nitrogens with zero attached hydrogens (tertiary/aromatic N) is 2. The number of carbonyl (C=O) groups excluding carboxylic acids is 1. The Bertz CT molecular complexity index is 529. The summed E-state index contributed by atoms with van der Waals surface area (Å²) in [6.45, 7) is 0.175. The molecule has 0 saturated heterocycles. The fraction of sp³-hybridized carbons (Fsp3) is 0.100. The van der Waals surface area contributed by atoms with Crippen molar-refractivity contribution in [2.45, 2.75) is 6.54 Å². The second-order valence-corrected chi connectivity index (χ2v) is 4.15. The van der Waals surface area contributed by atoms with Gasteiger partial charge < -0.3 is 5.32 Å². The first kappa shape index (κ1) is 11.7. The van der Waals surface area contributed by atoms with Gasteiger partial charge in [-0.25, -0.2) is 9.37 Å².